The van der Waals surface area contributed by atoms with Crippen molar-refractivity contribution in [1.82, 2.24) is 4.98 Å². The standard InChI is InChI=1S/C18H20FNO3S/c1-12(2)24-18-14(4-3-9-20-18)11-23-16-7-5-13(10-15(16)19)6-8-17(21)22/h3-5,7,9-10,12H,6,8,11H2,1-2H3,(H,21,22). The van der Waals surface area contributed by atoms with Gasteiger partial charge in [-0.25, -0.2) is 9.37 Å². The summed E-state index contributed by atoms with van der Waals surface area (Å²) in [6.07, 6.45) is 2.00. The maximum absolute atomic E-state index is 14.1. The summed E-state index contributed by atoms with van der Waals surface area (Å²) in [5.41, 5.74) is 1.55. The molecule has 0 saturated heterocycles. The quantitative estimate of drug-likeness (QED) is 0.719. The third kappa shape index (κ3) is 5.53. The molecule has 24 heavy (non-hydrogen) atoms. The van der Waals surface area contributed by atoms with Gasteiger partial charge in [-0.3, -0.25) is 4.79 Å². The molecule has 0 aliphatic heterocycles. The third-order valence-electron chi connectivity index (χ3n) is 3.20. The van der Waals surface area contributed by atoms with Crippen LogP contribution in [0.3, 0.4) is 0 Å². The minimum absolute atomic E-state index is 0.0227. The third-order valence-corrected chi connectivity index (χ3v) is 4.27. The number of carboxylic acids is 1. The number of nitrogens with zero attached hydrogens (tertiary/aromatic N) is 1. The molecule has 2 aromatic rings. The van der Waals surface area contributed by atoms with Crippen molar-refractivity contribution in [3.8, 4) is 5.75 Å². The van der Waals surface area contributed by atoms with E-state index < -0.39 is 11.8 Å². The summed E-state index contributed by atoms with van der Waals surface area (Å²) in [5, 5.41) is 9.94. The van der Waals surface area contributed by atoms with Gasteiger partial charge in [-0.05, 0) is 30.2 Å². The number of hydrogen-bond donors (Lipinski definition) is 1. The first-order valence-corrected chi connectivity index (χ1v) is 8.57. The zero-order chi connectivity index (χ0) is 17.5. The molecule has 0 amide bonds. The molecule has 0 saturated carbocycles. The van der Waals surface area contributed by atoms with Crippen LogP contribution in [0.2, 0.25) is 0 Å². The van der Waals surface area contributed by atoms with Crippen LogP contribution in [0.1, 0.15) is 31.4 Å². The van der Waals surface area contributed by atoms with Crippen LogP contribution in [0.5, 0.6) is 5.75 Å². The van der Waals surface area contributed by atoms with E-state index in [0.29, 0.717) is 17.2 Å². The number of rotatable bonds is 8. The first kappa shape index (κ1) is 18.3. The van der Waals surface area contributed by atoms with Crippen LogP contribution in [-0.4, -0.2) is 21.3 Å². The van der Waals surface area contributed by atoms with Crippen LogP contribution in [-0.2, 0) is 17.8 Å². The van der Waals surface area contributed by atoms with E-state index in [9.17, 15) is 9.18 Å². The Labute approximate surface area is 145 Å². The first-order valence-electron chi connectivity index (χ1n) is 7.69. The Balaban J connectivity index is 2.03. The van der Waals surface area contributed by atoms with Crippen molar-refractivity contribution in [3.63, 3.8) is 0 Å². The number of pyridine rings is 1. The Morgan fingerprint density at radius 3 is 2.83 bits per heavy atom. The molecule has 128 valence electrons. The van der Waals surface area contributed by atoms with Crippen LogP contribution in [0.25, 0.3) is 0 Å². The van der Waals surface area contributed by atoms with Crippen LogP contribution in [0.15, 0.2) is 41.6 Å². The normalized spacial score (nSPS) is 10.8. The molecular formula is C18H20FNO3S. The molecule has 1 heterocycles. The van der Waals surface area contributed by atoms with Crippen molar-refractivity contribution >= 4 is 17.7 Å². The summed E-state index contributed by atoms with van der Waals surface area (Å²) in [5.74, 6) is -1.24. The summed E-state index contributed by atoms with van der Waals surface area (Å²) in [7, 11) is 0. The zero-order valence-electron chi connectivity index (χ0n) is 13.7. The minimum atomic E-state index is -0.900. The Bertz CT molecular complexity index is 706. The summed E-state index contributed by atoms with van der Waals surface area (Å²) < 4.78 is 19.7. The maximum atomic E-state index is 14.1. The van der Waals surface area contributed by atoms with Crippen molar-refractivity contribution in [2.45, 2.75) is 43.6 Å². The molecule has 1 aromatic heterocycles. The van der Waals surface area contributed by atoms with Crippen molar-refractivity contribution in [3.05, 3.63) is 53.5 Å². The van der Waals surface area contributed by atoms with Gasteiger partial charge in [0.2, 0.25) is 0 Å². The Hall–Kier alpha value is -2.08. The van der Waals surface area contributed by atoms with Gasteiger partial charge in [-0.15, -0.1) is 11.8 Å². The van der Waals surface area contributed by atoms with Crippen molar-refractivity contribution < 1.29 is 19.0 Å². The van der Waals surface area contributed by atoms with Gasteiger partial charge < -0.3 is 9.84 Å². The first-order chi connectivity index (χ1) is 11.5. The lowest BCUT2D eigenvalue weighted by atomic mass is 10.1. The van der Waals surface area contributed by atoms with Gasteiger partial charge in [0, 0.05) is 23.4 Å². The largest absolute Gasteiger partial charge is 0.486 e. The second kappa shape index (κ2) is 8.68. The number of carbonyl (C=O) groups is 1. The number of aliphatic carboxylic acids is 1. The van der Waals surface area contributed by atoms with Crippen LogP contribution in [0.4, 0.5) is 4.39 Å². The monoisotopic (exact) mass is 349 g/mol. The smallest absolute Gasteiger partial charge is 0.303 e. The van der Waals surface area contributed by atoms with E-state index in [0.717, 1.165) is 10.6 Å². The summed E-state index contributed by atoms with van der Waals surface area (Å²) in [6, 6.07) is 8.29. The Morgan fingerprint density at radius 1 is 1.38 bits per heavy atom. The highest BCUT2D eigenvalue weighted by molar-refractivity contribution is 7.99. The van der Waals surface area contributed by atoms with Gasteiger partial charge in [0.15, 0.2) is 11.6 Å². The van der Waals surface area contributed by atoms with E-state index in [1.165, 1.54) is 12.1 Å². The minimum Gasteiger partial charge on any atom is -0.486 e. The highest BCUT2D eigenvalue weighted by atomic mass is 32.2. The molecule has 6 heteroatoms. The SMILES string of the molecule is CC(C)Sc1ncccc1COc1ccc(CCC(=O)O)cc1F. The highest BCUT2D eigenvalue weighted by Gasteiger charge is 2.10. The van der Waals surface area contributed by atoms with Crippen molar-refractivity contribution in [2.75, 3.05) is 0 Å². The van der Waals surface area contributed by atoms with Gasteiger partial charge in [-0.1, -0.05) is 26.0 Å². The summed E-state index contributed by atoms with van der Waals surface area (Å²) in [6.45, 7) is 4.40. The van der Waals surface area contributed by atoms with E-state index in [1.54, 1.807) is 24.0 Å². The van der Waals surface area contributed by atoms with Crippen molar-refractivity contribution in [2.24, 2.45) is 0 Å². The molecule has 0 spiro atoms. The lowest BCUT2D eigenvalue weighted by Gasteiger charge is -2.12. The maximum Gasteiger partial charge on any atom is 0.303 e. The molecule has 0 fully saturated rings. The van der Waals surface area contributed by atoms with Crippen LogP contribution in [0, 0.1) is 5.82 Å². The van der Waals surface area contributed by atoms with Crippen molar-refractivity contribution in [1.29, 1.82) is 0 Å². The van der Waals surface area contributed by atoms with Crippen LogP contribution < -0.4 is 4.74 Å². The number of aryl methyl sites for hydroxylation is 1. The number of benzene rings is 1. The van der Waals surface area contributed by atoms with E-state index in [4.69, 9.17) is 9.84 Å². The Kier molecular flexibility index (Phi) is 6.61. The number of hydrogen-bond acceptors (Lipinski definition) is 4. The van der Waals surface area contributed by atoms with Gasteiger partial charge in [0.1, 0.15) is 11.6 Å². The number of aromatic nitrogens is 1. The fourth-order valence-electron chi connectivity index (χ4n) is 2.09. The number of thioether (sulfide) groups is 1. The second-order valence-electron chi connectivity index (χ2n) is 5.58. The van der Waals surface area contributed by atoms with Gasteiger partial charge in [0.05, 0.1) is 0 Å². The topological polar surface area (TPSA) is 59.4 Å². The molecule has 4 nitrogen and oxygen atoms in total. The lowest BCUT2D eigenvalue weighted by Crippen LogP contribution is -2.02. The van der Waals surface area contributed by atoms with E-state index in [2.05, 4.69) is 18.8 Å². The molecule has 0 bridgehead atoms. The predicted octanol–water partition coefficient (Wildman–Crippen LogP) is 4.32. The van der Waals surface area contributed by atoms with E-state index in [-0.39, 0.29) is 18.8 Å². The molecule has 0 aliphatic rings. The van der Waals surface area contributed by atoms with E-state index in [1.807, 2.05) is 12.1 Å². The fraction of sp³-hybridized carbons (Fsp3) is 0.333. The average Bonchev–Trinajstić information content (AvgIpc) is 2.52. The van der Waals surface area contributed by atoms with Gasteiger partial charge in [-0.2, -0.15) is 0 Å². The van der Waals surface area contributed by atoms with Gasteiger partial charge in [0.25, 0.3) is 0 Å². The number of carboxylic acid groups (broad SMARTS) is 1. The molecule has 1 aromatic carbocycles. The summed E-state index contributed by atoms with van der Waals surface area (Å²) in [4.78, 5) is 14.9. The zero-order valence-corrected chi connectivity index (χ0v) is 14.5. The number of ether oxygens (including phenoxy) is 1. The number of halogens is 1. The molecule has 2 rings (SSSR count). The summed E-state index contributed by atoms with van der Waals surface area (Å²) >= 11 is 1.64. The lowest BCUT2D eigenvalue weighted by molar-refractivity contribution is -0.136. The van der Waals surface area contributed by atoms with Crippen LogP contribution >= 0.6 is 11.8 Å². The second-order valence-corrected chi connectivity index (χ2v) is 7.15. The molecule has 0 radical (unpaired) electrons. The Morgan fingerprint density at radius 2 is 2.17 bits per heavy atom. The molecule has 0 atom stereocenters. The highest BCUT2D eigenvalue weighted by Crippen LogP contribution is 2.26. The van der Waals surface area contributed by atoms with Gasteiger partial charge >= 0.3 is 5.97 Å². The molecule has 0 unspecified atom stereocenters. The van der Waals surface area contributed by atoms with E-state index >= 15 is 0 Å². The predicted molar refractivity (Wildman–Crippen MR) is 91.9 cm³/mol. The molecule has 0 aliphatic carbocycles. The molecular weight excluding hydrogens is 329 g/mol. The fourth-order valence-corrected chi connectivity index (χ4v) is 2.93. The average molecular weight is 349 g/mol. The molecule has 1 N–H and O–H groups in total.